The van der Waals surface area contributed by atoms with Crippen molar-refractivity contribution in [1.29, 1.82) is 0 Å². The molecule has 52 valence electrons. The molecule has 0 unspecified atom stereocenters. The quantitative estimate of drug-likeness (QED) is 0.527. The van der Waals surface area contributed by atoms with Gasteiger partial charge in [0.2, 0.25) is 0 Å². The molecule has 3 aliphatic rings. The van der Waals surface area contributed by atoms with Gasteiger partial charge in [-0.05, 0) is 25.2 Å². The van der Waals surface area contributed by atoms with Crippen LogP contribution in [0.2, 0.25) is 0 Å². The first-order chi connectivity index (χ1) is 4.28. The van der Waals surface area contributed by atoms with Crippen LogP contribution in [-0.2, 0) is 0 Å². The predicted octanol–water partition coefficient (Wildman–Crippen LogP) is 0.140. The van der Waals surface area contributed by atoms with E-state index in [1.54, 1.807) is 0 Å². The standard InChI is InChI=1S/C7H12O2/c8-4-7-2-1-5(3-7)6(7)9/h5-6,8-9H,1-4H2/t5-,6+,7+/m1/s1. The summed E-state index contributed by atoms with van der Waals surface area (Å²) < 4.78 is 0. The Morgan fingerprint density at radius 2 is 2.33 bits per heavy atom. The monoisotopic (exact) mass is 128 g/mol. The zero-order valence-corrected chi connectivity index (χ0v) is 5.38. The number of aliphatic hydroxyl groups excluding tert-OH is 2. The number of hydrogen-bond donors (Lipinski definition) is 2. The Balaban J connectivity index is 2.15. The molecular weight excluding hydrogens is 116 g/mol. The van der Waals surface area contributed by atoms with Gasteiger partial charge in [0.1, 0.15) is 0 Å². The third kappa shape index (κ3) is 0.485. The summed E-state index contributed by atoms with van der Waals surface area (Å²) in [6.45, 7) is 0.185. The fourth-order valence-corrected chi connectivity index (χ4v) is 2.31. The summed E-state index contributed by atoms with van der Waals surface area (Å²) in [4.78, 5) is 0. The molecule has 0 heterocycles. The van der Waals surface area contributed by atoms with E-state index in [1.807, 2.05) is 0 Å². The van der Waals surface area contributed by atoms with Crippen LogP contribution in [0.15, 0.2) is 0 Å². The lowest BCUT2D eigenvalue weighted by Gasteiger charge is -2.42. The van der Waals surface area contributed by atoms with Crippen LogP contribution in [0.25, 0.3) is 0 Å². The Hall–Kier alpha value is -0.0800. The lowest BCUT2D eigenvalue weighted by Crippen LogP contribution is -2.47. The highest BCUT2D eigenvalue weighted by Gasteiger charge is 2.57. The van der Waals surface area contributed by atoms with E-state index >= 15 is 0 Å². The lowest BCUT2D eigenvalue weighted by molar-refractivity contribution is -0.0952. The molecule has 3 aliphatic carbocycles. The van der Waals surface area contributed by atoms with Gasteiger partial charge in [0.25, 0.3) is 0 Å². The second-order valence-corrected chi connectivity index (χ2v) is 3.47. The van der Waals surface area contributed by atoms with E-state index in [2.05, 4.69) is 0 Å². The maximum Gasteiger partial charge on any atom is 0.0646 e. The summed E-state index contributed by atoms with van der Waals surface area (Å²) in [7, 11) is 0. The molecule has 3 atom stereocenters. The number of aliphatic hydroxyl groups is 2. The third-order valence-corrected chi connectivity index (χ3v) is 3.07. The van der Waals surface area contributed by atoms with E-state index in [4.69, 9.17) is 5.11 Å². The second-order valence-electron chi connectivity index (χ2n) is 3.47. The van der Waals surface area contributed by atoms with Crippen LogP contribution in [0.4, 0.5) is 0 Å². The van der Waals surface area contributed by atoms with E-state index in [0.717, 1.165) is 19.3 Å². The van der Waals surface area contributed by atoms with Crippen LogP contribution in [0, 0.1) is 11.3 Å². The van der Waals surface area contributed by atoms with Crippen LogP contribution < -0.4 is 0 Å². The average Bonchev–Trinajstić information content (AvgIpc) is 2.41. The summed E-state index contributed by atoms with van der Waals surface area (Å²) in [5, 5.41) is 18.2. The van der Waals surface area contributed by atoms with Gasteiger partial charge in [-0.3, -0.25) is 0 Å². The molecule has 2 bridgehead atoms. The van der Waals surface area contributed by atoms with E-state index in [9.17, 15) is 5.11 Å². The van der Waals surface area contributed by atoms with E-state index in [1.165, 1.54) is 0 Å². The summed E-state index contributed by atoms with van der Waals surface area (Å²) in [5.41, 5.74) is -0.0509. The molecule has 0 amide bonds. The van der Waals surface area contributed by atoms with Gasteiger partial charge in [-0.15, -0.1) is 0 Å². The Labute approximate surface area is 54.5 Å². The highest BCUT2D eigenvalue weighted by atomic mass is 16.3. The fraction of sp³-hybridized carbons (Fsp3) is 1.00. The number of fused-ring (bicyclic) bond motifs is 1. The van der Waals surface area contributed by atoms with Gasteiger partial charge in [0.15, 0.2) is 0 Å². The van der Waals surface area contributed by atoms with Crippen molar-refractivity contribution < 1.29 is 10.2 Å². The molecule has 2 heteroatoms. The first-order valence-corrected chi connectivity index (χ1v) is 3.57. The molecule has 0 spiro atoms. The summed E-state index contributed by atoms with van der Waals surface area (Å²) >= 11 is 0. The molecule has 0 aromatic rings. The van der Waals surface area contributed by atoms with Crippen molar-refractivity contribution >= 4 is 0 Å². The SMILES string of the molecule is OC[C@]12CC[C@H](C1)[C@@H]2O. The predicted molar refractivity (Wildman–Crippen MR) is 32.9 cm³/mol. The molecule has 0 aliphatic heterocycles. The van der Waals surface area contributed by atoms with Crippen molar-refractivity contribution in [2.24, 2.45) is 11.3 Å². The van der Waals surface area contributed by atoms with Crippen LogP contribution >= 0.6 is 0 Å². The summed E-state index contributed by atoms with van der Waals surface area (Å²) in [6, 6.07) is 0. The van der Waals surface area contributed by atoms with Gasteiger partial charge in [0.05, 0.1) is 12.7 Å². The van der Waals surface area contributed by atoms with Crippen molar-refractivity contribution in [1.82, 2.24) is 0 Å². The van der Waals surface area contributed by atoms with E-state index in [-0.39, 0.29) is 18.1 Å². The topological polar surface area (TPSA) is 40.5 Å². The Morgan fingerprint density at radius 1 is 1.56 bits per heavy atom. The maximum absolute atomic E-state index is 9.34. The van der Waals surface area contributed by atoms with Crippen LogP contribution in [0.1, 0.15) is 19.3 Å². The minimum Gasteiger partial charge on any atom is -0.396 e. The van der Waals surface area contributed by atoms with Gasteiger partial charge >= 0.3 is 0 Å². The van der Waals surface area contributed by atoms with Crippen molar-refractivity contribution in [3.8, 4) is 0 Å². The molecule has 2 N–H and O–H groups in total. The molecule has 3 fully saturated rings. The van der Waals surface area contributed by atoms with Gasteiger partial charge in [0, 0.05) is 5.41 Å². The lowest BCUT2D eigenvalue weighted by atomic mass is 9.67. The molecule has 2 nitrogen and oxygen atoms in total. The second kappa shape index (κ2) is 1.50. The molecular formula is C7H12O2. The zero-order chi connectivity index (χ0) is 6.48. The van der Waals surface area contributed by atoms with Crippen molar-refractivity contribution in [2.75, 3.05) is 6.61 Å². The summed E-state index contributed by atoms with van der Waals surface area (Å²) in [6.07, 6.45) is 3.05. The molecule has 9 heavy (non-hydrogen) atoms. The maximum atomic E-state index is 9.34. The largest absolute Gasteiger partial charge is 0.396 e. The van der Waals surface area contributed by atoms with E-state index in [0.29, 0.717) is 5.92 Å². The first kappa shape index (κ1) is 5.69. The Bertz CT molecular complexity index is 131. The van der Waals surface area contributed by atoms with Crippen LogP contribution in [0.5, 0.6) is 0 Å². The normalized spacial score (nSPS) is 55.3. The van der Waals surface area contributed by atoms with Crippen molar-refractivity contribution in [3.63, 3.8) is 0 Å². The van der Waals surface area contributed by atoms with E-state index < -0.39 is 0 Å². The Morgan fingerprint density at radius 3 is 2.56 bits per heavy atom. The van der Waals surface area contributed by atoms with Crippen LogP contribution in [0.3, 0.4) is 0 Å². The first-order valence-electron chi connectivity index (χ1n) is 3.57. The average molecular weight is 128 g/mol. The number of rotatable bonds is 1. The third-order valence-electron chi connectivity index (χ3n) is 3.07. The minimum atomic E-state index is -0.178. The molecule has 3 saturated carbocycles. The number of hydrogen-bond acceptors (Lipinski definition) is 2. The Kier molecular flexibility index (Phi) is 0.945. The molecule has 3 rings (SSSR count). The summed E-state index contributed by atoms with van der Waals surface area (Å²) in [5.74, 6) is 0.525. The molecule has 0 aromatic carbocycles. The minimum absolute atomic E-state index is 0.0509. The van der Waals surface area contributed by atoms with Crippen LogP contribution in [-0.4, -0.2) is 22.9 Å². The van der Waals surface area contributed by atoms with Gasteiger partial charge in [-0.25, -0.2) is 0 Å². The molecule has 0 radical (unpaired) electrons. The van der Waals surface area contributed by atoms with Crippen molar-refractivity contribution in [3.05, 3.63) is 0 Å². The molecule has 0 saturated heterocycles. The smallest absolute Gasteiger partial charge is 0.0646 e. The van der Waals surface area contributed by atoms with Gasteiger partial charge in [-0.1, -0.05) is 0 Å². The zero-order valence-electron chi connectivity index (χ0n) is 5.38. The highest BCUT2D eigenvalue weighted by molar-refractivity contribution is 5.07. The molecule has 0 aromatic heterocycles. The van der Waals surface area contributed by atoms with Gasteiger partial charge in [-0.2, -0.15) is 0 Å². The van der Waals surface area contributed by atoms with Gasteiger partial charge < -0.3 is 10.2 Å². The fourth-order valence-electron chi connectivity index (χ4n) is 2.31. The highest BCUT2D eigenvalue weighted by Crippen LogP contribution is 2.58. The van der Waals surface area contributed by atoms with Crippen molar-refractivity contribution in [2.45, 2.75) is 25.4 Å².